The van der Waals surface area contributed by atoms with Gasteiger partial charge in [0.05, 0.1) is 67.9 Å². The summed E-state index contributed by atoms with van der Waals surface area (Å²) in [6.07, 6.45) is 6.88. The fourth-order valence-electron chi connectivity index (χ4n) is 11.9. The molecule has 4 amide bonds. The number of Topliss-reactive ketones (excluding diaryl/α,β-unsaturated/α-hetero) is 2. The van der Waals surface area contributed by atoms with Crippen LogP contribution in [0.15, 0.2) is 147 Å². The van der Waals surface area contributed by atoms with Crippen LogP contribution in [-0.4, -0.2) is 144 Å². The van der Waals surface area contributed by atoms with Crippen molar-refractivity contribution in [2.24, 2.45) is 20.0 Å². The number of esters is 1. The number of aryl methyl sites for hydroxylation is 3. The number of ketones is 2. The van der Waals surface area contributed by atoms with E-state index in [1.54, 1.807) is 108 Å². The molecule has 2 aliphatic heterocycles. The second-order valence-corrected chi connectivity index (χ2v) is 34.5. The number of benzene rings is 4. The summed E-state index contributed by atoms with van der Waals surface area (Å²) in [4.78, 5) is 117. The van der Waals surface area contributed by atoms with Gasteiger partial charge in [-0.1, -0.05) is 113 Å². The lowest BCUT2D eigenvalue weighted by molar-refractivity contribution is -0.145. The smallest absolute Gasteiger partial charge is 0.416 e. The van der Waals surface area contributed by atoms with Crippen molar-refractivity contribution in [3.63, 3.8) is 0 Å². The van der Waals surface area contributed by atoms with Crippen LogP contribution in [0.5, 0.6) is 5.75 Å². The van der Waals surface area contributed by atoms with E-state index in [1.807, 2.05) is 54.7 Å². The van der Waals surface area contributed by atoms with Gasteiger partial charge in [0.25, 0.3) is 11.8 Å². The first-order valence-electron chi connectivity index (χ1n) is 34.2. The van der Waals surface area contributed by atoms with Gasteiger partial charge in [0.1, 0.15) is 24.7 Å². The molecule has 3 aromatic heterocycles. The molecule has 546 valence electrons. The summed E-state index contributed by atoms with van der Waals surface area (Å²) >= 11 is 0. The van der Waals surface area contributed by atoms with Gasteiger partial charge in [0.15, 0.2) is 32.0 Å². The molecule has 24 nitrogen and oxygen atoms in total. The van der Waals surface area contributed by atoms with E-state index in [1.165, 1.54) is 24.2 Å². The molecule has 0 saturated carbocycles. The van der Waals surface area contributed by atoms with Crippen molar-refractivity contribution in [2.45, 2.75) is 129 Å². The standard InChI is InChI=1S/C77H93N8O16PSi/c1-15-31-97-70(89)38-51(5)72(90)78-52(6)65(86)40-53-19-21-55(22-20-53)47-98-76(93)85-62-43-67(50(4)37-60(62)73(91)84-44-49(3)36-64(84)75(85)101-103(13,14)77(7,8)9)96-33-17-18-69(88)79-68-46-82(11)71(80-68)66(87)41-54-23-26-57(27-24-54)59-42-63(81(10)45-59)74(92)83-30-29-58-39-56(25-28-61(58)83)48-102(94,99-32-16-2)100-35-34-95-12/h15-16,19-30,37,39,42-43,45-46,51-52,64,75H,1-3,17-18,31-36,38,40-41,44,47-48H2,4-14H3,(H,78,90)(H,79,88)/t51-,52+,64+,75+,102?/m1/s1. The molecule has 2 N–H and O–H groups in total. The largest absolute Gasteiger partial charge is 0.493 e. The van der Waals surface area contributed by atoms with Crippen molar-refractivity contribution >= 4 is 85.6 Å². The molecule has 2 aliphatic rings. The number of methoxy groups -OCH3 is 1. The van der Waals surface area contributed by atoms with Crippen LogP contribution in [0.4, 0.5) is 16.3 Å². The lowest BCUT2D eigenvalue weighted by Crippen LogP contribution is -2.58. The molecule has 7 aromatic rings. The number of rotatable bonds is 33. The van der Waals surface area contributed by atoms with E-state index in [9.17, 15) is 42.9 Å². The number of aromatic nitrogens is 4. The summed E-state index contributed by atoms with van der Waals surface area (Å²) < 4.78 is 59.4. The first-order chi connectivity index (χ1) is 48.9. The monoisotopic (exact) mass is 1440 g/mol. The van der Waals surface area contributed by atoms with E-state index >= 15 is 0 Å². The van der Waals surface area contributed by atoms with E-state index in [4.69, 9.17) is 32.4 Å². The highest BCUT2D eigenvalue weighted by Gasteiger charge is 2.51. The Hall–Kier alpha value is -9.62. The molecule has 5 heterocycles. The summed E-state index contributed by atoms with van der Waals surface area (Å²) in [7, 11) is -1.23. The van der Waals surface area contributed by atoms with Gasteiger partial charge in [0.2, 0.25) is 17.6 Å². The second-order valence-electron chi connectivity index (χ2n) is 27.7. The molecule has 1 unspecified atom stereocenters. The maximum absolute atomic E-state index is 15.0. The quantitative estimate of drug-likeness (QED) is 0.00966. The minimum absolute atomic E-state index is 0.00225. The van der Waals surface area contributed by atoms with Crippen LogP contribution < -0.4 is 20.3 Å². The average molecular weight is 1450 g/mol. The first-order valence-corrected chi connectivity index (χ1v) is 38.8. The van der Waals surface area contributed by atoms with E-state index in [-0.39, 0.29) is 142 Å². The molecular formula is C77H93N8O16PSi. The third kappa shape index (κ3) is 19.2. The number of nitrogens with zero attached hydrogens (tertiary/aromatic N) is 6. The van der Waals surface area contributed by atoms with Crippen molar-refractivity contribution in [3.05, 3.63) is 192 Å². The molecular weight excluding hydrogens is 1350 g/mol. The van der Waals surface area contributed by atoms with Crippen LogP contribution in [0.25, 0.3) is 22.0 Å². The fraction of sp³-hybridized carbons (Fsp3) is 0.390. The van der Waals surface area contributed by atoms with Crippen molar-refractivity contribution in [1.29, 1.82) is 0 Å². The van der Waals surface area contributed by atoms with E-state index in [0.717, 1.165) is 27.6 Å². The van der Waals surface area contributed by atoms with Crippen LogP contribution in [0.1, 0.15) is 120 Å². The molecule has 0 bridgehead atoms. The zero-order valence-electron chi connectivity index (χ0n) is 60.5. The van der Waals surface area contributed by atoms with Crippen LogP contribution in [0.2, 0.25) is 18.1 Å². The maximum Gasteiger partial charge on any atom is 0.416 e. The molecule has 4 aromatic carbocycles. The van der Waals surface area contributed by atoms with Crippen molar-refractivity contribution in [1.82, 2.24) is 28.9 Å². The first kappa shape index (κ1) is 77.5. The SMILES string of the molecule is C=CCOC(=O)C[C@@H](C)C(=O)N[C@@H](C)C(=O)Cc1ccc(COC(=O)N2c3cc(OCCCC(=O)Nc4cn(C)c(C(=O)Cc5ccc(-c6cc(C(=O)n7ccc8cc(CP(=O)(OCC=C)OCCOC)ccc87)n(C)c6)cc5)n4)c(C)cc3C(=O)N3CC(=C)C[C@H]3[C@@H]2O[Si](C)(C)C(C)(C)C)cc1. The number of amides is 4. The minimum atomic E-state index is -3.52. The molecule has 0 spiro atoms. The number of hydrogen-bond donors (Lipinski definition) is 2. The van der Waals surface area contributed by atoms with Gasteiger partial charge < -0.3 is 57.1 Å². The zero-order chi connectivity index (χ0) is 74.7. The summed E-state index contributed by atoms with van der Waals surface area (Å²) in [6, 6.07) is 25.5. The van der Waals surface area contributed by atoms with Crippen LogP contribution in [-0.2, 0) is 91.1 Å². The van der Waals surface area contributed by atoms with E-state index in [0.29, 0.717) is 45.6 Å². The van der Waals surface area contributed by atoms with Gasteiger partial charge >= 0.3 is 19.7 Å². The lowest BCUT2D eigenvalue weighted by Gasteiger charge is -2.44. The number of nitrogens with one attached hydrogen (secondary N) is 2. The van der Waals surface area contributed by atoms with Crippen molar-refractivity contribution in [2.75, 3.05) is 56.9 Å². The Balaban J connectivity index is 0.811. The Morgan fingerprint density at radius 2 is 1.50 bits per heavy atom. The Labute approximate surface area is 602 Å². The highest BCUT2D eigenvalue weighted by molar-refractivity contribution is 7.53. The summed E-state index contributed by atoms with van der Waals surface area (Å²) in [6.45, 7) is 27.4. The molecule has 0 aliphatic carbocycles. The van der Waals surface area contributed by atoms with Crippen LogP contribution >= 0.6 is 7.60 Å². The van der Waals surface area contributed by atoms with E-state index < -0.39 is 58.1 Å². The van der Waals surface area contributed by atoms with Gasteiger partial charge in [-0.3, -0.25) is 42.7 Å². The Morgan fingerprint density at radius 1 is 0.806 bits per heavy atom. The molecule has 9 rings (SSSR count). The summed E-state index contributed by atoms with van der Waals surface area (Å²) in [5, 5.41) is 5.96. The van der Waals surface area contributed by atoms with Gasteiger partial charge in [-0.25, -0.2) is 14.7 Å². The van der Waals surface area contributed by atoms with E-state index in [2.05, 4.69) is 69.2 Å². The number of fused-ring (bicyclic) bond motifs is 3. The number of anilines is 2. The topological polar surface area (TPSA) is 276 Å². The number of carbonyl (C=O) groups excluding carboxylic acids is 8. The Kier molecular flexibility index (Phi) is 25.3. The molecule has 103 heavy (non-hydrogen) atoms. The Bertz CT molecular complexity index is 4410. The molecule has 1 saturated heterocycles. The van der Waals surface area contributed by atoms with Gasteiger partial charge in [-0.15, -0.1) is 6.58 Å². The number of ether oxygens (including phenoxy) is 4. The number of hydrogen-bond acceptors (Lipinski definition) is 17. The Morgan fingerprint density at radius 3 is 2.19 bits per heavy atom. The normalized spacial score (nSPS) is 15.7. The molecule has 5 atom stereocenters. The van der Waals surface area contributed by atoms with Gasteiger partial charge in [-0.2, -0.15) is 0 Å². The van der Waals surface area contributed by atoms with Crippen molar-refractivity contribution in [3.8, 4) is 16.9 Å². The van der Waals surface area contributed by atoms with Gasteiger partial charge in [-0.05, 0) is 109 Å². The summed E-state index contributed by atoms with van der Waals surface area (Å²) in [5.41, 5.74) is 7.35. The number of imidazole rings is 1. The third-order valence-electron chi connectivity index (χ3n) is 18.6. The average Bonchev–Trinajstić information content (AvgIpc) is 1.67. The minimum Gasteiger partial charge on any atom is -0.493 e. The van der Waals surface area contributed by atoms with Crippen LogP contribution in [0.3, 0.4) is 0 Å². The van der Waals surface area contributed by atoms with Gasteiger partial charge in [0, 0.05) is 88.5 Å². The van der Waals surface area contributed by atoms with Crippen molar-refractivity contribution < 1.29 is 75.3 Å². The predicted octanol–water partition coefficient (Wildman–Crippen LogP) is 12.8. The molecule has 0 radical (unpaired) electrons. The molecule has 26 heteroatoms. The lowest BCUT2D eigenvalue weighted by atomic mass is 10.0. The maximum atomic E-state index is 15.0. The number of carbonyl (C=O) groups is 8. The molecule has 1 fully saturated rings. The van der Waals surface area contributed by atoms with Crippen LogP contribution in [0, 0.1) is 12.8 Å². The zero-order valence-corrected chi connectivity index (χ0v) is 62.4. The predicted molar refractivity (Wildman–Crippen MR) is 395 cm³/mol. The highest BCUT2D eigenvalue weighted by atomic mass is 31.2. The fourth-order valence-corrected chi connectivity index (χ4v) is 14.7. The highest BCUT2D eigenvalue weighted by Crippen LogP contribution is 2.52. The summed E-state index contributed by atoms with van der Waals surface area (Å²) in [5.74, 6) is -2.45. The second kappa shape index (κ2) is 33.7. The third-order valence-corrected chi connectivity index (χ3v) is 24.9.